The number of hydrogen-bond donors (Lipinski definition) is 0. The number of aromatic nitrogens is 7. The molecule has 5 aromatic heterocycles. The highest BCUT2D eigenvalue weighted by Gasteiger charge is 2.17. The summed E-state index contributed by atoms with van der Waals surface area (Å²) in [6.45, 7) is 8.40. The number of pyridine rings is 1. The van der Waals surface area contributed by atoms with Crippen LogP contribution < -0.4 is 0 Å². The molecule has 0 bridgehead atoms. The molecule has 136 valence electrons. The zero-order valence-electron chi connectivity index (χ0n) is 15.3. The second kappa shape index (κ2) is 5.71. The van der Waals surface area contributed by atoms with E-state index in [4.69, 9.17) is 16.6 Å². The molecule has 0 aliphatic carbocycles. The van der Waals surface area contributed by atoms with Gasteiger partial charge in [-0.1, -0.05) is 11.6 Å². The lowest BCUT2D eigenvalue weighted by molar-refractivity contribution is 0.631. The summed E-state index contributed by atoms with van der Waals surface area (Å²) in [5, 5.41) is 10.8. The van der Waals surface area contributed by atoms with E-state index >= 15 is 0 Å². The van der Waals surface area contributed by atoms with E-state index in [9.17, 15) is 0 Å². The van der Waals surface area contributed by atoms with E-state index in [-0.39, 0.29) is 0 Å². The third-order valence-electron chi connectivity index (χ3n) is 4.72. The van der Waals surface area contributed by atoms with Crippen LogP contribution in [0.5, 0.6) is 0 Å². The third kappa shape index (κ3) is 2.44. The molecular weight excluding hydrogens is 382 g/mol. The molecule has 0 aliphatic rings. The first-order valence-corrected chi connectivity index (χ1v) is 9.72. The minimum Gasteiger partial charge on any atom is -0.260 e. The monoisotopic (exact) mass is 397 g/mol. The highest BCUT2D eigenvalue weighted by atomic mass is 35.5. The summed E-state index contributed by atoms with van der Waals surface area (Å²) in [6.07, 6.45) is 1.72. The van der Waals surface area contributed by atoms with Crippen molar-refractivity contribution in [2.24, 2.45) is 0 Å². The van der Waals surface area contributed by atoms with Crippen LogP contribution in [-0.4, -0.2) is 34.3 Å². The molecule has 0 saturated carbocycles. The lowest BCUT2D eigenvalue weighted by atomic mass is 10.1. The van der Waals surface area contributed by atoms with Crippen LogP contribution in [0, 0.1) is 27.7 Å². The molecule has 7 nitrogen and oxygen atoms in total. The Morgan fingerprint density at radius 1 is 1.11 bits per heavy atom. The Bertz CT molecular complexity index is 1360. The fourth-order valence-electron chi connectivity index (χ4n) is 3.44. The van der Waals surface area contributed by atoms with E-state index in [1.807, 2.05) is 25.5 Å². The summed E-state index contributed by atoms with van der Waals surface area (Å²) in [5.41, 5.74) is 5.63. The Morgan fingerprint density at radius 3 is 2.67 bits per heavy atom. The largest absolute Gasteiger partial charge is 0.260 e. The van der Waals surface area contributed by atoms with Gasteiger partial charge < -0.3 is 0 Å². The second-order valence-corrected chi connectivity index (χ2v) is 8.10. The van der Waals surface area contributed by atoms with Crippen molar-refractivity contribution in [3.63, 3.8) is 0 Å². The quantitative estimate of drug-likeness (QED) is 0.449. The summed E-state index contributed by atoms with van der Waals surface area (Å²) >= 11 is 7.86. The van der Waals surface area contributed by atoms with Crippen molar-refractivity contribution in [2.75, 3.05) is 0 Å². The molecule has 0 aromatic carbocycles. The molecule has 0 atom stereocenters. The van der Waals surface area contributed by atoms with Crippen molar-refractivity contribution < 1.29 is 0 Å². The van der Waals surface area contributed by atoms with Gasteiger partial charge >= 0.3 is 0 Å². The van der Waals surface area contributed by atoms with Crippen LogP contribution in [0.4, 0.5) is 0 Å². The minimum absolute atomic E-state index is 0.462. The molecule has 5 aromatic rings. The fourth-order valence-corrected chi connectivity index (χ4v) is 4.80. The topological polar surface area (TPSA) is 73.8 Å². The number of fused-ring (bicyclic) bond motifs is 5. The van der Waals surface area contributed by atoms with Crippen LogP contribution >= 0.6 is 22.9 Å². The molecule has 0 spiro atoms. The molecule has 0 saturated heterocycles. The number of rotatable bonds is 2. The lowest BCUT2D eigenvalue weighted by Gasteiger charge is -1.99. The molecule has 5 heterocycles. The van der Waals surface area contributed by atoms with E-state index in [1.165, 1.54) is 5.56 Å². The zero-order valence-corrected chi connectivity index (χ0v) is 16.9. The van der Waals surface area contributed by atoms with Crippen LogP contribution in [0.15, 0.2) is 12.4 Å². The fraction of sp³-hybridized carbons (Fsp3) is 0.278. The predicted octanol–water partition coefficient (Wildman–Crippen LogP) is 4.02. The Hall–Kier alpha value is -2.58. The van der Waals surface area contributed by atoms with E-state index in [1.54, 1.807) is 22.2 Å². The van der Waals surface area contributed by atoms with Gasteiger partial charge in [0.05, 0.1) is 21.9 Å². The Labute approximate surface area is 163 Å². The molecule has 5 rings (SSSR count). The van der Waals surface area contributed by atoms with Crippen molar-refractivity contribution in [1.29, 1.82) is 0 Å². The molecule has 0 fully saturated rings. The predicted molar refractivity (Wildman–Crippen MR) is 107 cm³/mol. The minimum atomic E-state index is 0.462. The van der Waals surface area contributed by atoms with Gasteiger partial charge in [-0.15, -0.1) is 16.4 Å². The first-order valence-electron chi connectivity index (χ1n) is 8.52. The van der Waals surface area contributed by atoms with Crippen LogP contribution in [0.25, 0.3) is 26.1 Å². The summed E-state index contributed by atoms with van der Waals surface area (Å²) in [4.78, 5) is 15.0. The van der Waals surface area contributed by atoms with Crippen molar-refractivity contribution in [3.05, 3.63) is 45.9 Å². The van der Waals surface area contributed by atoms with Crippen LogP contribution in [-0.2, 0) is 6.54 Å². The zero-order chi connectivity index (χ0) is 18.9. The summed E-state index contributed by atoms with van der Waals surface area (Å²) in [5.74, 6) is 0.671. The normalized spacial score (nSPS) is 12.0. The average Bonchev–Trinajstić information content (AvgIpc) is 3.25. The maximum absolute atomic E-state index is 6.25. The number of halogens is 1. The lowest BCUT2D eigenvalue weighted by Crippen LogP contribution is -2.05. The number of hydrogen-bond acceptors (Lipinski definition) is 6. The van der Waals surface area contributed by atoms with Gasteiger partial charge in [0, 0.05) is 11.1 Å². The van der Waals surface area contributed by atoms with Gasteiger partial charge in [0.15, 0.2) is 11.5 Å². The number of nitrogens with zero attached hydrogens (tertiary/aromatic N) is 7. The maximum atomic E-state index is 6.25. The molecule has 0 unspecified atom stereocenters. The smallest absolute Gasteiger partial charge is 0.176 e. The second-order valence-electron chi connectivity index (χ2n) is 6.72. The van der Waals surface area contributed by atoms with Gasteiger partial charge in [-0.25, -0.2) is 19.5 Å². The summed E-state index contributed by atoms with van der Waals surface area (Å²) < 4.78 is 4.55. The number of aryl methyl sites for hydroxylation is 3. The van der Waals surface area contributed by atoms with E-state index in [2.05, 4.69) is 33.2 Å². The molecule has 0 amide bonds. The highest BCUT2D eigenvalue weighted by molar-refractivity contribution is 7.26. The Kier molecular flexibility index (Phi) is 3.50. The van der Waals surface area contributed by atoms with Gasteiger partial charge in [-0.2, -0.15) is 5.10 Å². The Balaban J connectivity index is 1.70. The van der Waals surface area contributed by atoms with Gasteiger partial charge in [0.25, 0.3) is 0 Å². The SMILES string of the molecule is Cc1cc(C)c2c(n1)sc1c2ncn2nc(Cn3nc(C)c(Cl)c3C)nc12. The van der Waals surface area contributed by atoms with Gasteiger partial charge in [0.2, 0.25) is 0 Å². The van der Waals surface area contributed by atoms with Crippen LogP contribution in [0.2, 0.25) is 5.02 Å². The summed E-state index contributed by atoms with van der Waals surface area (Å²) in [7, 11) is 0. The molecule has 27 heavy (non-hydrogen) atoms. The summed E-state index contributed by atoms with van der Waals surface area (Å²) in [6, 6.07) is 2.09. The molecular formula is C18H16ClN7S. The molecule has 0 radical (unpaired) electrons. The van der Waals surface area contributed by atoms with Gasteiger partial charge in [-0.05, 0) is 39.3 Å². The van der Waals surface area contributed by atoms with Gasteiger partial charge in [-0.3, -0.25) is 4.68 Å². The average molecular weight is 398 g/mol. The maximum Gasteiger partial charge on any atom is 0.176 e. The van der Waals surface area contributed by atoms with E-state index < -0.39 is 0 Å². The number of thiophene rings is 1. The van der Waals surface area contributed by atoms with E-state index in [0.717, 1.165) is 43.2 Å². The first-order chi connectivity index (χ1) is 12.9. The van der Waals surface area contributed by atoms with Crippen molar-refractivity contribution in [2.45, 2.75) is 34.2 Å². The third-order valence-corrected chi connectivity index (χ3v) is 6.34. The van der Waals surface area contributed by atoms with Crippen molar-refractivity contribution >= 4 is 49.0 Å². The standard InChI is InChI=1S/C18H16ClN7S/c1-8-5-9(2)21-18-13(8)15-16(27-18)17-22-12(24-26(17)7-20-15)6-25-11(4)14(19)10(3)23-25/h5,7H,6H2,1-4H3. The molecule has 0 aliphatic heterocycles. The van der Waals surface area contributed by atoms with Crippen molar-refractivity contribution in [1.82, 2.24) is 34.3 Å². The Morgan fingerprint density at radius 2 is 1.93 bits per heavy atom. The van der Waals surface area contributed by atoms with Crippen LogP contribution in [0.1, 0.15) is 28.5 Å². The molecule has 0 N–H and O–H groups in total. The van der Waals surface area contributed by atoms with Gasteiger partial charge in [0.1, 0.15) is 22.4 Å². The van der Waals surface area contributed by atoms with E-state index in [0.29, 0.717) is 17.4 Å². The van der Waals surface area contributed by atoms with Crippen LogP contribution in [0.3, 0.4) is 0 Å². The first kappa shape index (κ1) is 16.6. The van der Waals surface area contributed by atoms with Crippen molar-refractivity contribution in [3.8, 4) is 0 Å². The highest BCUT2D eigenvalue weighted by Crippen LogP contribution is 2.35. The molecule has 9 heteroatoms.